The molecule has 1 saturated carbocycles. The van der Waals surface area contributed by atoms with Crippen molar-refractivity contribution >= 4 is 6.03 Å². The SMILES string of the molecule is Cc1nn(C)cc1[C@@H](C)NC(=O)N(Cc1ccc(F)cc1)CC1CC1. The number of halogens is 1. The molecule has 1 aromatic heterocycles. The highest BCUT2D eigenvalue weighted by Gasteiger charge is 2.28. The molecule has 1 aliphatic rings. The van der Waals surface area contributed by atoms with Gasteiger partial charge in [0.05, 0.1) is 11.7 Å². The summed E-state index contributed by atoms with van der Waals surface area (Å²) in [6.45, 7) is 5.14. The van der Waals surface area contributed by atoms with E-state index in [1.165, 1.54) is 25.0 Å². The molecule has 1 atom stereocenters. The first-order valence-corrected chi connectivity index (χ1v) is 8.72. The average molecular weight is 344 g/mol. The second-order valence-corrected chi connectivity index (χ2v) is 6.97. The van der Waals surface area contributed by atoms with Crippen LogP contribution in [0.3, 0.4) is 0 Å². The van der Waals surface area contributed by atoms with Crippen LogP contribution in [-0.2, 0) is 13.6 Å². The molecular formula is C19H25FN4O. The van der Waals surface area contributed by atoms with E-state index in [2.05, 4.69) is 10.4 Å². The van der Waals surface area contributed by atoms with Gasteiger partial charge in [-0.1, -0.05) is 12.1 Å². The highest BCUT2D eigenvalue weighted by atomic mass is 19.1. The van der Waals surface area contributed by atoms with Gasteiger partial charge in [0.25, 0.3) is 0 Å². The third-order valence-electron chi connectivity index (χ3n) is 4.61. The Hall–Kier alpha value is -2.37. The monoisotopic (exact) mass is 344 g/mol. The number of rotatable bonds is 6. The topological polar surface area (TPSA) is 50.2 Å². The third kappa shape index (κ3) is 4.59. The van der Waals surface area contributed by atoms with E-state index in [0.29, 0.717) is 12.5 Å². The molecule has 0 unspecified atom stereocenters. The van der Waals surface area contributed by atoms with Crippen molar-refractivity contribution in [1.82, 2.24) is 20.0 Å². The summed E-state index contributed by atoms with van der Waals surface area (Å²) in [5, 5.41) is 7.41. The number of nitrogens with zero attached hydrogens (tertiary/aromatic N) is 3. The van der Waals surface area contributed by atoms with Crippen molar-refractivity contribution in [1.29, 1.82) is 0 Å². The molecule has 1 fully saturated rings. The lowest BCUT2D eigenvalue weighted by molar-refractivity contribution is 0.189. The Balaban J connectivity index is 1.68. The van der Waals surface area contributed by atoms with Crippen molar-refractivity contribution in [2.24, 2.45) is 13.0 Å². The van der Waals surface area contributed by atoms with Gasteiger partial charge in [-0.05, 0) is 50.3 Å². The summed E-state index contributed by atoms with van der Waals surface area (Å²) in [5.41, 5.74) is 2.87. The van der Waals surface area contributed by atoms with Gasteiger partial charge >= 0.3 is 6.03 Å². The zero-order valence-corrected chi connectivity index (χ0v) is 15.0. The summed E-state index contributed by atoms with van der Waals surface area (Å²) >= 11 is 0. The van der Waals surface area contributed by atoms with Crippen molar-refractivity contribution < 1.29 is 9.18 Å². The van der Waals surface area contributed by atoms with Crippen molar-refractivity contribution in [3.8, 4) is 0 Å². The Labute approximate surface area is 147 Å². The highest BCUT2D eigenvalue weighted by molar-refractivity contribution is 5.74. The summed E-state index contributed by atoms with van der Waals surface area (Å²) in [6.07, 6.45) is 4.28. The van der Waals surface area contributed by atoms with E-state index in [9.17, 15) is 9.18 Å². The predicted octanol–water partition coefficient (Wildman–Crippen LogP) is 3.55. The number of urea groups is 1. The third-order valence-corrected chi connectivity index (χ3v) is 4.61. The molecule has 0 spiro atoms. The second kappa shape index (κ2) is 7.25. The van der Waals surface area contributed by atoms with Gasteiger partial charge in [0.2, 0.25) is 0 Å². The number of nitrogens with one attached hydrogen (secondary N) is 1. The van der Waals surface area contributed by atoms with Gasteiger partial charge in [-0.2, -0.15) is 5.10 Å². The first-order chi connectivity index (χ1) is 11.9. The number of aryl methyl sites for hydroxylation is 2. The van der Waals surface area contributed by atoms with E-state index < -0.39 is 0 Å². The summed E-state index contributed by atoms with van der Waals surface area (Å²) in [5.74, 6) is 0.323. The first-order valence-electron chi connectivity index (χ1n) is 8.72. The van der Waals surface area contributed by atoms with Gasteiger partial charge in [-0.15, -0.1) is 0 Å². The van der Waals surface area contributed by atoms with Crippen LogP contribution in [0.1, 0.15) is 42.6 Å². The highest BCUT2D eigenvalue weighted by Crippen LogP contribution is 2.30. The van der Waals surface area contributed by atoms with E-state index in [1.807, 2.05) is 32.0 Å². The van der Waals surface area contributed by atoms with Crippen molar-refractivity contribution in [3.05, 3.63) is 53.1 Å². The van der Waals surface area contributed by atoms with Crippen LogP contribution in [0.2, 0.25) is 0 Å². The lowest BCUT2D eigenvalue weighted by atomic mass is 10.1. The summed E-state index contributed by atoms with van der Waals surface area (Å²) in [4.78, 5) is 14.6. The molecular weight excluding hydrogens is 319 g/mol. The van der Waals surface area contributed by atoms with Crippen molar-refractivity contribution in [2.45, 2.75) is 39.3 Å². The van der Waals surface area contributed by atoms with Crippen LogP contribution in [0.4, 0.5) is 9.18 Å². The summed E-state index contributed by atoms with van der Waals surface area (Å²) in [6, 6.07) is 6.13. The fraction of sp³-hybridized carbons (Fsp3) is 0.474. The van der Waals surface area contributed by atoms with E-state index in [0.717, 1.165) is 23.4 Å². The lowest BCUT2D eigenvalue weighted by Gasteiger charge is -2.25. The number of aromatic nitrogens is 2. The summed E-state index contributed by atoms with van der Waals surface area (Å²) < 4.78 is 14.9. The first kappa shape index (κ1) is 17.5. The fourth-order valence-electron chi connectivity index (χ4n) is 3.04. The Bertz CT molecular complexity index is 736. The van der Waals surface area contributed by atoms with Crippen LogP contribution in [0, 0.1) is 18.7 Å². The van der Waals surface area contributed by atoms with Crippen LogP contribution in [0.5, 0.6) is 0 Å². The van der Waals surface area contributed by atoms with Crippen LogP contribution in [-0.4, -0.2) is 27.3 Å². The molecule has 6 heteroatoms. The molecule has 1 N–H and O–H groups in total. The Morgan fingerprint density at radius 2 is 2.08 bits per heavy atom. The largest absolute Gasteiger partial charge is 0.331 e. The van der Waals surface area contributed by atoms with Gasteiger partial charge in [-0.25, -0.2) is 9.18 Å². The molecule has 3 rings (SSSR count). The molecule has 0 radical (unpaired) electrons. The van der Waals surface area contributed by atoms with E-state index in [-0.39, 0.29) is 17.9 Å². The number of carbonyl (C=O) groups is 1. The van der Waals surface area contributed by atoms with Crippen LogP contribution in [0.25, 0.3) is 0 Å². The maximum absolute atomic E-state index is 13.1. The molecule has 25 heavy (non-hydrogen) atoms. The number of benzene rings is 1. The molecule has 1 aliphatic carbocycles. The standard InChI is InChI=1S/C19H25FN4O/c1-13(18-12-23(3)22-14(18)2)21-19(25)24(10-15-4-5-15)11-16-6-8-17(20)9-7-16/h6-9,12-13,15H,4-5,10-11H2,1-3H3,(H,21,25)/t13-/m1/s1. The molecule has 0 saturated heterocycles. The number of amides is 2. The van der Waals surface area contributed by atoms with Crippen LogP contribution >= 0.6 is 0 Å². The van der Waals surface area contributed by atoms with E-state index >= 15 is 0 Å². The number of hydrogen-bond donors (Lipinski definition) is 1. The Morgan fingerprint density at radius 3 is 2.64 bits per heavy atom. The Kier molecular flexibility index (Phi) is 5.06. The van der Waals surface area contributed by atoms with Gasteiger partial charge in [0, 0.05) is 31.9 Å². The smallest absolute Gasteiger partial charge is 0.318 e. The molecule has 2 amide bonds. The zero-order chi connectivity index (χ0) is 18.0. The second-order valence-electron chi connectivity index (χ2n) is 6.97. The minimum atomic E-state index is -0.261. The average Bonchev–Trinajstić information content (AvgIpc) is 3.31. The quantitative estimate of drug-likeness (QED) is 0.871. The molecule has 0 aliphatic heterocycles. The molecule has 0 bridgehead atoms. The minimum Gasteiger partial charge on any atom is -0.331 e. The van der Waals surface area contributed by atoms with Crippen LogP contribution < -0.4 is 5.32 Å². The maximum atomic E-state index is 13.1. The minimum absolute atomic E-state index is 0.0908. The maximum Gasteiger partial charge on any atom is 0.318 e. The number of hydrogen-bond acceptors (Lipinski definition) is 2. The molecule has 5 nitrogen and oxygen atoms in total. The van der Waals surface area contributed by atoms with Crippen LogP contribution in [0.15, 0.2) is 30.5 Å². The fourth-order valence-corrected chi connectivity index (χ4v) is 3.04. The molecule has 1 heterocycles. The van der Waals surface area contributed by atoms with Gasteiger partial charge < -0.3 is 10.2 Å². The lowest BCUT2D eigenvalue weighted by Crippen LogP contribution is -2.41. The van der Waals surface area contributed by atoms with Gasteiger partial charge in [-0.3, -0.25) is 4.68 Å². The normalized spacial score (nSPS) is 15.0. The zero-order valence-electron chi connectivity index (χ0n) is 15.0. The van der Waals surface area contributed by atoms with Crippen molar-refractivity contribution in [3.63, 3.8) is 0 Å². The molecule has 2 aromatic rings. The van der Waals surface area contributed by atoms with Gasteiger partial charge in [0.1, 0.15) is 5.82 Å². The van der Waals surface area contributed by atoms with Crippen molar-refractivity contribution in [2.75, 3.05) is 6.54 Å². The molecule has 1 aromatic carbocycles. The van der Waals surface area contributed by atoms with E-state index in [1.54, 1.807) is 16.8 Å². The number of carbonyl (C=O) groups excluding carboxylic acids is 1. The Morgan fingerprint density at radius 1 is 1.40 bits per heavy atom. The molecule has 134 valence electrons. The summed E-state index contributed by atoms with van der Waals surface area (Å²) in [7, 11) is 1.87. The predicted molar refractivity (Wildman–Crippen MR) is 94.4 cm³/mol. The van der Waals surface area contributed by atoms with Gasteiger partial charge in [0.15, 0.2) is 0 Å². The van der Waals surface area contributed by atoms with E-state index in [4.69, 9.17) is 0 Å².